The molecule has 1 heterocycles. The van der Waals surface area contributed by atoms with Gasteiger partial charge in [-0.3, -0.25) is 0 Å². The maximum atomic E-state index is 14.4. The molecule has 1 saturated heterocycles. The van der Waals surface area contributed by atoms with Gasteiger partial charge in [-0.2, -0.15) is 0 Å². The number of alkyl halides is 1. The minimum atomic E-state index is -0.263. The first kappa shape index (κ1) is 14.2. The van der Waals surface area contributed by atoms with Crippen molar-refractivity contribution in [1.82, 2.24) is 0 Å². The maximum absolute atomic E-state index is 14.4. The van der Waals surface area contributed by atoms with E-state index in [-0.39, 0.29) is 17.3 Å². The average Bonchev–Trinajstić information content (AvgIpc) is 3.22. The Hall–Kier alpha value is -0.800. The molecule has 2 aliphatic rings. The fourth-order valence-corrected chi connectivity index (χ4v) is 3.73. The SMILES string of the molecule is COc1cccc(CC2(CCl)CCOC2C2CC2)c1F. The van der Waals surface area contributed by atoms with E-state index >= 15 is 0 Å². The Kier molecular flexibility index (Phi) is 3.91. The molecule has 1 aliphatic heterocycles. The second kappa shape index (κ2) is 5.53. The molecule has 0 spiro atoms. The summed E-state index contributed by atoms with van der Waals surface area (Å²) in [7, 11) is 1.49. The smallest absolute Gasteiger partial charge is 0.168 e. The first-order chi connectivity index (χ1) is 9.70. The quantitative estimate of drug-likeness (QED) is 0.770. The van der Waals surface area contributed by atoms with E-state index in [2.05, 4.69) is 0 Å². The molecular formula is C16H20ClFO2. The first-order valence-corrected chi connectivity index (χ1v) is 7.72. The molecule has 2 nitrogen and oxygen atoms in total. The standard InChI is InChI=1S/C16H20ClFO2/c1-19-13-4-2-3-12(14(13)18)9-16(10-17)7-8-20-15(16)11-5-6-11/h2-4,11,15H,5-10H2,1H3. The lowest BCUT2D eigenvalue weighted by Crippen LogP contribution is -2.37. The van der Waals surface area contributed by atoms with Crippen LogP contribution in [0.1, 0.15) is 24.8 Å². The van der Waals surface area contributed by atoms with Crippen LogP contribution in [0.4, 0.5) is 4.39 Å². The maximum Gasteiger partial charge on any atom is 0.168 e. The second-order valence-corrected chi connectivity index (χ2v) is 6.25. The Morgan fingerprint density at radius 1 is 1.45 bits per heavy atom. The van der Waals surface area contributed by atoms with Gasteiger partial charge in [-0.15, -0.1) is 11.6 Å². The fourth-order valence-electron chi connectivity index (χ4n) is 3.35. The Bertz CT molecular complexity index is 489. The van der Waals surface area contributed by atoms with Crippen molar-refractivity contribution < 1.29 is 13.9 Å². The number of ether oxygens (including phenoxy) is 2. The van der Waals surface area contributed by atoms with Gasteiger partial charge in [0.1, 0.15) is 0 Å². The van der Waals surface area contributed by atoms with Crippen LogP contribution in [0.25, 0.3) is 0 Å². The molecule has 1 aromatic carbocycles. The van der Waals surface area contributed by atoms with Crippen molar-refractivity contribution in [3.63, 3.8) is 0 Å². The Morgan fingerprint density at radius 2 is 2.25 bits per heavy atom. The van der Waals surface area contributed by atoms with Gasteiger partial charge in [0.05, 0.1) is 13.2 Å². The van der Waals surface area contributed by atoms with Crippen molar-refractivity contribution in [2.24, 2.45) is 11.3 Å². The van der Waals surface area contributed by atoms with Crippen LogP contribution in [0, 0.1) is 17.2 Å². The summed E-state index contributed by atoms with van der Waals surface area (Å²) in [6, 6.07) is 5.31. The summed E-state index contributed by atoms with van der Waals surface area (Å²) in [6.07, 6.45) is 4.15. The van der Waals surface area contributed by atoms with Crippen LogP contribution >= 0.6 is 11.6 Å². The van der Waals surface area contributed by atoms with Crippen LogP contribution in [0.15, 0.2) is 18.2 Å². The van der Waals surface area contributed by atoms with Gasteiger partial charge >= 0.3 is 0 Å². The molecule has 2 unspecified atom stereocenters. The van der Waals surface area contributed by atoms with Crippen molar-refractivity contribution in [3.8, 4) is 5.75 Å². The van der Waals surface area contributed by atoms with Gasteiger partial charge in [-0.05, 0) is 43.2 Å². The van der Waals surface area contributed by atoms with Crippen LogP contribution in [0.2, 0.25) is 0 Å². The summed E-state index contributed by atoms with van der Waals surface area (Å²) >= 11 is 6.27. The Morgan fingerprint density at radius 3 is 2.90 bits per heavy atom. The van der Waals surface area contributed by atoms with Gasteiger partial charge in [-0.25, -0.2) is 4.39 Å². The van der Waals surface area contributed by atoms with Crippen LogP contribution in [-0.2, 0) is 11.2 Å². The van der Waals surface area contributed by atoms with Crippen LogP contribution in [0.3, 0.4) is 0 Å². The molecule has 20 heavy (non-hydrogen) atoms. The second-order valence-electron chi connectivity index (χ2n) is 5.98. The van der Waals surface area contributed by atoms with E-state index in [1.165, 1.54) is 20.0 Å². The predicted molar refractivity (Wildman–Crippen MR) is 76.9 cm³/mol. The Balaban J connectivity index is 1.87. The summed E-state index contributed by atoms with van der Waals surface area (Å²) in [4.78, 5) is 0. The summed E-state index contributed by atoms with van der Waals surface area (Å²) in [5.74, 6) is 1.17. The number of methoxy groups -OCH3 is 1. The lowest BCUT2D eigenvalue weighted by atomic mass is 9.75. The van der Waals surface area contributed by atoms with Gasteiger partial charge < -0.3 is 9.47 Å². The molecule has 1 saturated carbocycles. The topological polar surface area (TPSA) is 18.5 Å². The zero-order valence-electron chi connectivity index (χ0n) is 11.7. The molecule has 110 valence electrons. The van der Waals surface area contributed by atoms with Crippen LogP contribution < -0.4 is 4.74 Å². The Labute approximate surface area is 124 Å². The van der Waals surface area contributed by atoms with Gasteiger partial charge in [-0.1, -0.05) is 12.1 Å². The molecule has 0 N–H and O–H groups in total. The fraction of sp³-hybridized carbons (Fsp3) is 0.625. The van der Waals surface area contributed by atoms with Crippen molar-refractivity contribution in [3.05, 3.63) is 29.6 Å². The molecule has 2 fully saturated rings. The largest absolute Gasteiger partial charge is 0.494 e. The summed E-state index contributed by atoms with van der Waals surface area (Å²) in [5.41, 5.74) is 0.553. The summed E-state index contributed by atoms with van der Waals surface area (Å²) in [6.45, 7) is 0.736. The van der Waals surface area contributed by atoms with E-state index in [0.717, 1.165) is 13.0 Å². The summed E-state index contributed by atoms with van der Waals surface area (Å²) < 4.78 is 25.3. The van der Waals surface area contributed by atoms with Crippen LogP contribution in [-0.4, -0.2) is 25.7 Å². The zero-order valence-corrected chi connectivity index (χ0v) is 12.5. The minimum absolute atomic E-state index is 0.129. The lowest BCUT2D eigenvalue weighted by molar-refractivity contribution is 0.0399. The van der Waals surface area contributed by atoms with Gasteiger partial charge in [0.2, 0.25) is 0 Å². The monoisotopic (exact) mass is 298 g/mol. The number of hydrogen-bond donors (Lipinski definition) is 0. The molecule has 1 aliphatic carbocycles. The van der Waals surface area contributed by atoms with Gasteiger partial charge in [0.25, 0.3) is 0 Å². The average molecular weight is 299 g/mol. The first-order valence-electron chi connectivity index (χ1n) is 7.19. The van der Waals surface area contributed by atoms with E-state index in [1.54, 1.807) is 6.07 Å². The third kappa shape index (κ3) is 2.42. The number of rotatable bonds is 5. The van der Waals surface area contributed by atoms with Crippen molar-refractivity contribution in [2.45, 2.75) is 31.8 Å². The van der Waals surface area contributed by atoms with E-state index in [0.29, 0.717) is 29.5 Å². The number of benzene rings is 1. The lowest BCUT2D eigenvalue weighted by Gasteiger charge is -2.32. The van der Waals surface area contributed by atoms with E-state index in [1.807, 2.05) is 12.1 Å². The van der Waals surface area contributed by atoms with Gasteiger partial charge in [0, 0.05) is 17.9 Å². The molecule has 0 bridgehead atoms. The molecule has 1 aromatic rings. The molecule has 2 atom stereocenters. The van der Waals surface area contributed by atoms with E-state index in [4.69, 9.17) is 21.1 Å². The molecule has 3 rings (SSSR count). The van der Waals surface area contributed by atoms with Gasteiger partial charge in [0.15, 0.2) is 11.6 Å². The van der Waals surface area contributed by atoms with E-state index < -0.39 is 0 Å². The summed E-state index contributed by atoms with van der Waals surface area (Å²) in [5, 5.41) is 0. The van der Waals surface area contributed by atoms with Crippen molar-refractivity contribution >= 4 is 11.6 Å². The zero-order chi connectivity index (χ0) is 14.2. The molecule has 0 amide bonds. The normalized spacial score (nSPS) is 29.6. The van der Waals surface area contributed by atoms with Crippen molar-refractivity contribution in [1.29, 1.82) is 0 Å². The highest BCUT2D eigenvalue weighted by Crippen LogP contribution is 2.50. The highest BCUT2D eigenvalue weighted by Gasteiger charge is 2.50. The highest BCUT2D eigenvalue weighted by atomic mass is 35.5. The highest BCUT2D eigenvalue weighted by molar-refractivity contribution is 6.18. The number of hydrogen-bond acceptors (Lipinski definition) is 2. The minimum Gasteiger partial charge on any atom is -0.494 e. The van der Waals surface area contributed by atoms with Crippen molar-refractivity contribution in [2.75, 3.05) is 19.6 Å². The predicted octanol–water partition coefficient (Wildman–Crippen LogP) is 3.80. The third-order valence-electron chi connectivity index (χ3n) is 4.62. The third-order valence-corrected chi connectivity index (χ3v) is 5.16. The molecular weight excluding hydrogens is 279 g/mol. The number of halogens is 2. The van der Waals surface area contributed by atoms with Crippen LogP contribution in [0.5, 0.6) is 5.75 Å². The van der Waals surface area contributed by atoms with E-state index in [9.17, 15) is 4.39 Å². The molecule has 0 radical (unpaired) electrons. The molecule has 4 heteroatoms. The molecule has 0 aromatic heterocycles.